The first-order valence-electron chi connectivity index (χ1n) is 6.66. The molecule has 1 aromatic rings. The first-order chi connectivity index (χ1) is 9.16. The van der Waals surface area contributed by atoms with Crippen LogP contribution in [0.4, 0.5) is 10.1 Å². The minimum atomic E-state index is -0.397. The van der Waals surface area contributed by atoms with Gasteiger partial charge in [0.15, 0.2) is 0 Å². The van der Waals surface area contributed by atoms with Gasteiger partial charge in [0.2, 0.25) is 5.91 Å². The van der Waals surface area contributed by atoms with E-state index in [1.165, 1.54) is 6.07 Å². The summed E-state index contributed by atoms with van der Waals surface area (Å²) in [6, 6.07) is 6.66. The molecular weight excluding hydrogens is 281 g/mol. The van der Waals surface area contributed by atoms with Crippen molar-refractivity contribution in [2.24, 2.45) is 0 Å². The van der Waals surface area contributed by atoms with Gasteiger partial charge in [-0.1, -0.05) is 12.1 Å². The van der Waals surface area contributed by atoms with Crippen LogP contribution >= 0.6 is 12.4 Å². The van der Waals surface area contributed by atoms with Gasteiger partial charge in [0, 0.05) is 38.6 Å². The molecule has 1 aliphatic heterocycles. The number of halogens is 2. The van der Waals surface area contributed by atoms with Crippen LogP contribution < -0.4 is 10.6 Å². The number of benzene rings is 1. The number of rotatable bonds is 4. The van der Waals surface area contributed by atoms with Crippen LogP contribution in [0.5, 0.6) is 0 Å². The van der Waals surface area contributed by atoms with Gasteiger partial charge in [0.1, 0.15) is 5.82 Å². The molecule has 1 aromatic carbocycles. The molecule has 4 nitrogen and oxygen atoms in total. The van der Waals surface area contributed by atoms with Gasteiger partial charge in [-0.05, 0) is 19.1 Å². The second kappa shape index (κ2) is 8.19. The Kier molecular flexibility index (Phi) is 6.91. The largest absolute Gasteiger partial charge is 0.324 e. The lowest BCUT2D eigenvalue weighted by molar-refractivity contribution is -0.116. The molecule has 1 saturated heterocycles. The van der Waals surface area contributed by atoms with Gasteiger partial charge >= 0.3 is 0 Å². The van der Waals surface area contributed by atoms with E-state index in [-0.39, 0.29) is 24.0 Å². The highest BCUT2D eigenvalue weighted by atomic mass is 35.5. The lowest BCUT2D eigenvalue weighted by atomic mass is 10.2. The molecule has 1 aliphatic rings. The first-order valence-corrected chi connectivity index (χ1v) is 6.66. The molecule has 0 aromatic heterocycles. The van der Waals surface area contributed by atoms with Crippen molar-refractivity contribution in [3.8, 4) is 0 Å². The van der Waals surface area contributed by atoms with Crippen molar-refractivity contribution in [3.05, 3.63) is 30.1 Å². The molecule has 0 saturated carbocycles. The number of amides is 1. The second-order valence-electron chi connectivity index (χ2n) is 4.87. The Morgan fingerprint density at radius 1 is 1.50 bits per heavy atom. The van der Waals surface area contributed by atoms with Crippen molar-refractivity contribution in [2.75, 3.05) is 31.5 Å². The predicted octanol–water partition coefficient (Wildman–Crippen LogP) is 1.87. The standard InChI is InChI=1S/C14H20FN3O.ClH/c1-11-10-16-7-9-18(11)8-6-14(19)17-13-5-3-2-4-12(13)15;/h2-5,11,16H,6-10H2,1H3,(H,17,19);1H/t11-;/m1./s1. The Morgan fingerprint density at radius 2 is 2.25 bits per heavy atom. The van der Waals surface area contributed by atoms with Crippen LogP contribution in [-0.4, -0.2) is 43.0 Å². The Balaban J connectivity index is 0.00000200. The molecule has 6 heteroatoms. The average Bonchev–Trinajstić information content (AvgIpc) is 2.40. The highest BCUT2D eigenvalue weighted by Gasteiger charge is 2.18. The fraction of sp³-hybridized carbons (Fsp3) is 0.500. The van der Waals surface area contributed by atoms with Crippen molar-refractivity contribution in [2.45, 2.75) is 19.4 Å². The van der Waals surface area contributed by atoms with Crippen LogP contribution in [0, 0.1) is 5.82 Å². The van der Waals surface area contributed by atoms with Gasteiger partial charge in [-0.25, -0.2) is 4.39 Å². The summed E-state index contributed by atoms with van der Waals surface area (Å²) < 4.78 is 13.4. The number of hydrogen-bond donors (Lipinski definition) is 2. The summed E-state index contributed by atoms with van der Waals surface area (Å²) in [7, 11) is 0. The number of carbonyl (C=O) groups is 1. The van der Waals surface area contributed by atoms with Crippen LogP contribution in [0.2, 0.25) is 0 Å². The zero-order valence-electron chi connectivity index (χ0n) is 11.6. The van der Waals surface area contributed by atoms with E-state index in [1.807, 2.05) is 0 Å². The number of hydrogen-bond acceptors (Lipinski definition) is 3. The minimum Gasteiger partial charge on any atom is -0.324 e. The number of anilines is 1. The summed E-state index contributed by atoms with van der Waals surface area (Å²) in [6.07, 6.45) is 0.388. The number of nitrogens with one attached hydrogen (secondary N) is 2. The Morgan fingerprint density at radius 3 is 2.95 bits per heavy atom. The van der Waals surface area contributed by atoms with Gasteiger partial charge < -0.3 is 10.6 Å². The van der Waals surface area contributed by atoms with E-state index in [2.05, 4.69) is 22.5 Å². The van der Waals surface area contributed by atoms with Crippen molar-refractivity contribution < 1.29 is 9.18 Å². The van der Waals surface area contributed by atoms with Crippen LogP contribution in [0.25, 0.3) is 0 Å². The normalized spacial score (nSPS) is 19.2. The van der Waals surface area contributed by atoms with E-state index in [1.54, 1.807) is 18.2 Å². The number of carbonyl (C=O) groups excluding carboxylic acids is 1. The molecule has 2 N–H and O–H groups in total. The maximum Gasteiger partial charge on any atom is 0.225 e. The van der Waals surface area contributed by atoms with E-state index in [4.69, 9.17) is 0 Å². The second-order valence-corrected chi connectivity index (χ2v) is 4.87. The van der Waals surface area contributed by atoms with Gasteiger partial charge in [-0.3, -0.25) is 9.69 Å². The highest BCUT2D eigenvalue weighted by Crippen LogP contribution is 2.12. The maximum atomic E-state index is 13.4. The van der Waals surface area contributed by atoms with Crippen molar-refractivity contribution in [3.63, 3.8) is 0 Å². The molecular formula is C14H21ClFN3O. The smallest absolute Gasteiger partial charge is 0.225 e. The molecule has 2 rings (SSSR count). The van der Waals surface area contributed by atoms with Crippen LogP contribution in [0.3, 0.4) is 0 Å². The third-order valence-corrected chi connectivity index (χ3v) is 3.41. The molecule has 1 fully saturated rings. The van der Waals surface area contributed by atoms with Crippen molar-refractivity contribution in [1.29, 1.82) is 0 Å². The highest BCUT2D eigenvalue weighted by molar-refractivity contribution is 5.90. The average molecular weight is 302 g/mol. The maximum absolute atomic E-state index is 13.4. The van der Waals surface area contributed by atoms with E-state index in [0.717, 1.165) is 19.6 Å². The van der Waals surface area contributed by atoms with E-state index in [0.29, 0.717) is 19.0 Å². The van der Waals surface area contributed by atoms with Gasteiger partial charge in [0.05, 0.1) is 5.69 Å². The van der Waals surface area contributed by atoms with E-state index < -0.39 is 5.82 Å². The molecule has 0 bridgehead atoms. The minimum absolute atomic E-state index is 0. The third-order valence-electron chi connectivity index (χ3n) is 3.41. The van der Waals surface area contributed by atoms with E-state index in [9.17, 15) is 9.18 Å². The molecule has 0 spiro atoms. The number of para-hydroxylation sites is 1. The van der Waals surface area contributed by atoms with Gasteiger partial charge in [-0.15, -0.1) is 12.4 Å². The Labute approximate surface area is 125 Å². The third kappa shape index (κ3) is 4.74. The quantitative estimate of drug-likeness (QED) is 0.892. The summed E-state index contributed by atoms with van der Waals surface area (Å²) in [5.41, 5.74) is 0.251. The van der Waals surface area contributed by atoms with Crippen molar-refractivity contribution >= 4 is 24.0 Å². The molecule has 0 aliphatic carbocycles. The Bertz CT molecular complexity index is 444. The summed E-state index contributed by atoms with van der Waals surface area (Å²) in [6.45, 7) is 5.71. The fourth-order valence-corrected chi connectivity index (χ4v) is 2.24. The number of piperazine rings is 1. The van der Waals surface area contributed by atoms with Gasteiger partial charge in [0.25, 0.3) is 0 Å². The number of nitrogens with zero attached hydrogens (tertiary/aromatic N) is 1. The van der Waals surface area contributed by atoms with Crippen LogP contribution in [-0.2, 0) is 4.79 Å². The summed E-state index contributed by atoms with van der Waals surface area (Å²) in [5, 5.41) is 5.92. The summed E-state index contributed by atoms with van der Waals surface area (Å²) in [5.74, 6) is -0.540. The van der Waals surface area contributed by atoms with Crippen LogP contribution in [0.1, 0.15) is 13.3 Å². The molecule has 20 heavy (non-hydrogen) atoms. The molecule has 1 heterocycles. The fourth-order valence-electron chi connectivity index (χ4n) is 2.24. The lowest BCUT2D eigenvalue weighted by Gasteiger charge is -2.33. The summed E-state index contributed by atoms with van der Waals surface area (Å²) in [4.78, 5) is 14.1. The lowest BCUT2D eigenvalue weighted by Crippen LogP contribution is -2.50. The monoisotopic (exact) mass is 301 g/mol. The molecule has 0 unspecified atom stereocenters. The van der Waals surface area contributed by atoms with Gasteiger partial charge in [-0.2, -0.15) is 0 Å². The molecule has 112 valence electrons. The van der Waals surface area contributed by atoms with Crippen molar-refractivity contribution in [1.82, 2.24) is 10.2 Å². The molecule has 0 radical (unpaired) electrons. The van der Waals surface area contributed by atoms with Crippen LogP contribution in [0.15, 0.2) is 24.3 Å². The Hall–Kier alpha value is -1.17. The zero-order valence-corrected chi connectivity index (χ0v) is 12.4. The molecule has 1 amide bonds. The molecule has 1 atom stereocenters. The first kappa shape index (κ1) is 16.9. The topological polar surface area (TPSA) is 44.4 Å². The zero-order chi connectivity index (χ0) is 13.7. The predicted molar refractivity (Wildman–Crippen MR) is 80.8 cm³/mol. The summed E-state index contributed by atoms with van der Waals surface area (Å²) >= 11 is 0. The SMILES string of the molecule is C[C@@H]1CNCCN1CCC(=O)Nc1ccccc1F.Cl. The van der Waals surface area contributed by atoms with E-state index >= 15 is 0 Å².